The molecule has 190 valence electrons. The van der Waals surface area contributed by atoms with Gasteiger partial charge >= 0.3 is 6.18 Å². The second-order valence-corrected chi connectivity index (χ2v) is 9.24. The van der Waals surface area contributed by atoms with Gasteiger partial charge in [0, 0.05) is 36.6 Å². The average molecular weight is 507 g/mol. The Morgan fingerprint density at radius 3 is 2.35 bits per heavy atom. The topological polar surface area (TPSA) is 79.2 Å². The van der Waals surface area contributed by atoms with Gasteiger partial charge in [0.15, 0.2) is 17.2 Å². The van der Waals surface area contributed by atoms with Crippen molar-refractivity contribution in [3.05, 3.63) is 65.9 Å². The Bertz CT molecular complexity index is 1570. The van der Waals surface area contributed by atoms with Gasteiger partial charge in [-0.15, -0.1) is 0 Å². The zero-order valence-corrected chi connectivity index (χ0v) is 20.4. The third-order valence-corrected chi connectivity index (χ3v) is 6.73. The molecular formula is C26H25F3N8. The Morgan fingerprint density at radius 1 is 0.919 bits per heavy atom. The SMILES string of the molecule is CCn1cc(C(F)(F)F)nc1-c1ccc(Cn2ncc3cnc(-c4c(C5CC5)cnn4CC)nc32)cc1. The van der Waals surface area contributed by atoms with Gasteiger partial charge in [0.05, 0.1) is 24.3 Å². The van der Waals surface area contributed by atoms with Gasteiger partial charge in [-0.1, -0.05) is 24.3 Å². The van der Waals surface area contributed by atoms with Crippen molar-refractivity contribution < 1.29 is 13.2 Å². The Kier molecular flexibility index (Phi) is 5.58. The summed E-state index contributed by atoms with van der Waals surface area (Å²) in [5.41, 5.74) is 3.56. The smallest absolute Gasteiger partial charge is 0.331 e. The van der Waals surface area contributed by atoms with Gasteiger partial charge in [0.1, 0.15) is 11.5 Å². The predicted molar refractivity (Wildman–Crippen MR) is 132 cm³/mol. The minimum atomic E-state index is -4.48. The summed E-state index contributed by atoms with van der Waals surface area (Å²) in [6, 6.07) is 7.34. The van der Waals surface area contributed by atoms with Crippen LogP contribution in [0.5, 0.6) is 0 Å². The van der Waals surface area contributed by atoms with Gasteiger partial charge < -0.3 is 4.57 Å². The first-order valence-corrected chi connectivity index (χ1v) is 12.3. The average Bonchev–Trinajstić information content (AvgIpc) is 3.31. The monoisotopic (exact) mass is 506 g/mol. The maximum atomic E-state index is 13.2. The van der Waals surface area contributed by atoms with Gasteiger partial charge in [0.2, 0.25) is 0 Å². The first-order valence-electron chi connectivity index (χ1n) is 12.3. The number of fused-ring (bicyclic) bond motifs is 1. The number of hydrogen-bond acceptors (Lipinski definition) is 5. The van der Waals surface area contributed by atoms with Gasteiger partial charge in [0.25, 0.3) is 0 Å². The van der Waals surface area contributed by atoms with Crippen molar-refractivity contribution in [2.24, 2.45) is 0 Å². The van der Waals surface area contributed by atoms with Crippen LogP contribution >= 0.6 is 0 Å². The molecule has 37 heavy (non-hydrogen) atoms. The van der Waals surface area contributed by atoms with E-state index >= 15 is 0 Å². The third kappa shape index (κ3) is 4.28. The van der Waals surface area contributed by atoms with E-state index in [1.165, 1.54) is 10.1 Å². The van der Waals surface area contributed by atoms with E-state index in [1.807, 2.05) is 27.7 Å². The molecule has 1 aromatic carbocycles. The molecule has 0 N–H and O–H groups in total. The second-order valence-electron chi connectivity index (χ2n) is 9.24. The highest BCUT2D eigenvalue weighted by Crippen LogP contribution is 2.44. The number of aromatic nitrogens is 8. The summed E-state index contributed by atoms with van der Waals surface area (Å²) in [4.78, 5) is 13.3. The molecule has 4 heterocycles. The lowest BCUT2D eigenvalue weighted by Crippen LogP contribution is -2.06. The maximum absolute atomic E-state index is 13.2. The number of nitrogens with zero attached hydrogens (tertiary/aromatic N) is 8. The van der Waals surface area contributed by atoms with Crippen LogP contribution in [0, 0.1) is 0 Å². The lowest BCUT2D eigenvalue weighted by atomic mass is 10.1. The molecule has 0 amide bonds. The fourth-order valence-electron chi connectivity index (χ4n) is 4.63. The molecule has 1 aliphatic carbocycles. The van der Waals surface area contributed by atoms with E-state index in [2.05, 4.69) is 27.1 Å². The van der Waals surface area contributed by atoms with Crippen molar-refractivity contribution in [3.8, 4) is 22.9 Å². The highest BCUT2D eigenvalue weighted by molar-refractivity contribution is 5.76. The van der Waals surface area contributed by atoms with Gasteiger partial charge in [-0.25, -0.2) is 19.6 Å². The Hall–Kier alpha value is -4.02. The molecule has 0 unspecified atom stereocenters. The van der Waals surface area contributed by atoms with Crippen LogP contribution in [0.25, 0.3) is 33.9 Å². The van der Waals surface area contributed by atoms with Gasteiger partial charge in [-0.2, -0.15) is 23.4 Å². The zero-order chi connectivity index (χ0) is 25.7. The Labute approximate surface area is 210 Å². The summed E-state index contributed by atoms with van der Waals surface area (Å²) in [6.07, 6.45) is 4.36. The van der Waals surface area contributed by atoms with E-state index in [0.29, 0.717) is 36.2 Å². The molecule has 0 aliphatic heterocycles. The number of halogens is 3. The van der Waals surface area contributed by atoms with Crippen molar-refractivity contribution in [1.82, 2.24) is 39.1 Å². The van der Waals surface area contributed by atoms with Gasteiger partial charge in [-0.05, 0) is 38.2 Å². The van der Waals surface area contributed by atoms with Crippen molar-refractivity contribution in [3.63, 3.8) is 0 Å². The van der Waals surface area contributed by atoms with Crippen LogP contribution in [-0.4, -0.2) is 39.1 Å². The number of hydrogen-bond donors (Lipinski definition) is 0. The molecule has 1 saturated carbocycles. The fraction of sp³-hybridized carbons (Fsp3) is 0.346. The van der Waals surface area contributed by atoms with Crippen molar-refractivity contribution in [1.29, 1.82) is 0 Å². The maximum Gasteiger partial charge on any atom is 0.434 e. The number of rotatable bonds is 7. The summed E-state index contributed by atoms with van der Waals surface area (Å²) >= 11 is 0. The molecule has 1 fully saturated rings. The first kappa shape index (κ1) is 23.4. The lowest BCUT2D eigenvalue weighted by molar-refractivity contribution is -0.140. The molecule has 0 spiro atoms. The molecule has 0 saturated heterocycles. The summed E-state index contributed by atoms with van der Waals surface area (Å²) in [6.45, 7) is 5.42. The molecule has 0 radical (unpaired) electrons. The van der Waals surface area contributed by atoms with Crippen LogP contribution in [0.3, 0.4) is 0 Å². The minimum absolute atomic E-state index is 0.294. The van der Waals surface area contributed by atoms with Crippen LogP contribution in [-0.2, 0) is 25.8 Å². The Balaban J connectivity index is 1.30. The van der Waals surface area contributed by atoms with Crippen LogP contribution in [0.15, 0.2) is 49.1 Å². The van der Waals surface area contributed by atoms with E-state index in [1.54, 1.807) is 31.5 Å². The van der Waals surface area contributed by atoms with Crippen LogP contribution in [0.4, 0.5) is 13.2 Å². The molecular weight excluding hydrogens is 481 g/mol. The summed E-state index contributed by atoms with van der Waals surface area (Å²) in [5.74, 6) is 1.45. The standard InChI is InChI=1S/C26H25F3N8/c1-3-35-15-21(26(27,28)29)33-24(35)18-7-5-16(6-8-18)14-37-25-19(12-31-37)11-30-23(34-25)22-20(17-9-10-17)13-32-36(22)4-2/h5-8,11-13,15,17H,3-4,9-10,14H2,1-2H3. The van der Waals surface area contributed by atoms with E-state index in [4.69, 9.17) is 4.98 Å². The van der Waals surface area contributed by atoms with Crippen LogP contribution in [0.1, 0.15) is 49.4 Å². The second kappa shape index (κ2) is 8.82. The Morgan fingerprint density at radius 2 is 1.68 bits per heavy atom. The third-order valence-electron chi connectivity index (χ3n) is 6.73. The number of alkyl halides is 3. The minimum Gasteiger partial charge on any atom is -0.331 e. The van der Waals surface area contributed by atoms with Crippen molar-refractivity contribution in [2.45, 2.75) is 58.4 Å². The quantitative estimate of drug-likeness (QED) is 0.290. The number of aryl methyl sites for hydroxylation is 2. The molecule has 11 heteroatoms. The van der Waals surface area contributed by atoms with E-state index in [-0.39, 0.29) is 0 Å². The van der Waals surface area contributed by atoms with Crippen molar-refractivity contribution in [2.75, 3.05) is 0 Å². The zero-order valence-electron chi connectivity index (χ0n) is 20.4. The normalized spacial score (nSPS) is 14.1. The highest BCUT2D eigenvalue weighted by atomic mass is 19.4. The van der Waals surface area contributed by atoms with Crippen LogP contribution < -0.4 is 0 Å². The number of benzene rings is 1. The van der Waals surface area contributed by atoms with E-state index in [0.717, 1.165) is 47.9 Å². The molecule has 6 rings (SSSR count). The predicted octanol–water partition coefficient (Wildman–Crippen LogP) is 5.54. The summed E-state index contributed by atoms with van der Waals surface area (Å²) < 4.78 is 44.7. The molecule has 0 atom stereocenters. The summed E-state index contributed by atoms with van der Waals surface area (Å²) in [5, 5.41) is 9.88. The fourth-order valence-corrected chi connectivity index (χ4v) is 4.63. The lowest BCUT2D eigenvalue weighted by Gasteiger charge is -2.09. The molecule has 4 aromatic heterocycles. The van der Waals surface area contributed by atoms with Crippen LogP contribution in [0.2, 0.25) is 0 Å². The highest BCUT2D eigenvalue weighted by Gasteiger charge is 2.35. The molecule has 0 bridgehead atoms. The molecule has 8 nitrogen and oxygen atoms in total. The molecule has 5 aromatic rings. The summed E-state index contributed by atoms with van der Waals surface area (Å²) in [7, 11) is 0. The molecule has 1 aliphatic rings. The van der Waals surface area contributed by atoms with Crippen molar-refractivity contribution >= 4 is 11.0 Å². The number of imidazole rings is 1. The van der Waals surface area contributed by atoms with E-state index in [9.17, 15) is 13.2 Å². The largest absolute Gasteiger partial charge is 0.434 e. The first-order chi connectivity index (χ1) is 17.9. The van der Waals surface area contributed by atoms with E-state index < -0.39 is 11.9 Å². The van der Waals surface area contributed by atoms with Gasteiger partial charge in [-0.3, -0.25) is 4.68 Å².